The van der Waals surface area contributed by atoms with E-state index in [0.29, 0.717) is 24.3 Å². The second-order valence-electron chi connectivity index (χ2n) is 6.70. The Labute approximate surface area is 142 Å². The highest BCUT2D eigenvalue weighted by Crippen LogP contribution is 2.33. The Morgan fingerprint density at radius 3 is 2.71 bits per heavy atom. The van der Waals surface area contributed by atoms with Crippen LogP contribution in [0.1, 0.15) is 32.8 Å². The van der Waals surface area contributed by atoms with E-state index in [4.69, 9.17) is 14.7 Å². The summed E-state index contributed by atoms with van der Waals surface area (Å²) in [5.41, 5.74) is 0.859. The molecule has 2 rings (SSSR count). The molecule has 0 bridgehead atoms. The van der Waals surface area contributed by atoms with E-state index in [1.54, 1.807) is 33.9 Å². The molecule has 1 heterocycles. The molecule has 24 heavy (non-hydrogen) atoms. The molecule has 1 aliphatic rings. The fraction of sp³-hybridized carbons (Fsp3) is 0.500. The van der Waals surface area contributed by atoms with Crippen LogP contribution in [-0.2, 0) is 20.7 Å². The first kappa shape index (κ1) is 17.8. The second kappa shape index (κ2) is 6.91. The number of esters is 1. The maximum Gasteiger partial charge on any atom is 0.319 e. The zero-order valence-corrected chi connectivity index (χ0v) is 14.5. The van der Waals surface area contributed by atoms with Gasteiger partial charge in [0.05, 0.1) is 18.9 Å². The van der Waals surface area contributed by atoms with Crippen LogP contribution in [0.15, 0.2) is 18.2 Å². The number of ether oxygens (including phenoxy) is 2. The number of hydrogen-bond donors (Lipinski definition) is 0. The fourth-order valence-corrected chi connectivity index (χ4v) is 2.69. The molecule has 0 spiro atoms. The van der Waals surface area contributed by atoms with Gasteiger partial charge in [-0.05, 0) is 45.2 Å². The van der Waals surface area contributed by atoms with Gasteiger partial charge in [0.1, 0.15) is 23.8 Å². The molecular formula is C18H22N2O4. The van der Waals surface area contributed by atoms with Crippen LogP contribution in [0, 0.1) is 17.2 Å². The van der Waals surface area contributed by atoms with Crippen molar-refractivity contribution >= 4 is 17.6 Å². The fourth-order valence-electron chi connectivity index (χ4n) is 2.69. The van der Waals surface area contributed by atoms with E-state index in [0.717, 1.165) is 5.56 Å². The molecule has 1 aromatic carbocycles. The Morgan fingerprint density at radius 2 is 2.12 bits per heavy atom. The van der Waals surface area contributed by atoms with Crippen LogP contribution in [0.25, 0.3) is 0 Å². The predicted molar refractivity (Wildman–Crippen MR) is 88.6 cm³/mol. The molecule has 1 aromatic rings. The number of hydrogen-bond acceptors (Lipinski definition) is 5. The number of nitriles is 1. The molecule has 6 heteroatoms. The molecule has 0 saturated heterocycles. The molecular weight excluding hydrogens is 308 g/mol. The number of carbonyl (C=O) groups is 2. The van der Waals surface area contributed by atoms with E-state index in [9.17, 15) is 9.59 Å². The number of rotatable bonds is 3. The summed E-state index contributed by atoms with van der Waals surface area (Å²) in [7, 11) is 1.54. The highest BCUT2D eigenvalue weighted by Gasteiger charge is 2.37. The minimum absolute atomic E-state index is 0.127. The number of amides is 1. The minimum atomic E-state index is -0.907. The van der Waals surface area contributed by atoms with Crippen molar-refractivity contribution in [3.05, 3.63) is 23.8 Å². The van der Waals surface area contributed by atoms with Crippen molar-refractivity contribution in [1.29, 1.82) is 5.26 Å². The van der Waals surface area contributed by atoms with Gasteiger partial charge in [-0.25, -0.2) is 0 Å². The first-order chi connectivity index (χ1) is 11.3. The molecule has 1 atom stereocenters. The number of anilines is 1. The number of carbonyl (C=O) groups excluding carboxylic acids is 2. The van der Waals surface area contributed by atoms with Gasteiger partial charge < -0.3 is 9.47 Å². The lowest BCUT2D eigenvalue weighted by Gasteiger charge is -2.26. The average molecular weight is 330 g/mol. The molecule has 6 nitrogen and oxygen atoms in total. The Bertz CT molecular complexity index is 685. The van der Waals surface area contributed by atoms with Crippen LogP contribution < -0.4 is 9.64 Å². The van der Waals surface area contributed by atoms with Crippen LogP contribution in [0.4, 0.5) is 5.69 Å². The summed E-state index contributed by atoms with van der Waals surface area (Å²) in [6, 6.07) is 7.39. The van der Waals surface area contributed by atoms with E-state index < -0.39 is 23.4 Å². The lowest BCUT2D eigenvalue weighted by atomic mass is 10.00. The third-order valence-electron chi connectivity index (χ3n) is 3.77. The highest BCUT2D eigenvalue weighted by molar-refractivity contribution is 6.07. The van der Waals surface area contributed by atoms with E-state index in [1.165, 1.54) is 4.90 Å². The molecule has 0 radical (unpaired) electrons. The van der Waals surface area contributed by atoms with Crippen molar-refractivity contribution in [3.8, 4) is 11.8 Å². The molecule has 0 aromatic heterocycles. The molecule has 1 amide bonds. The Balaban J connectivity index is 2.38. The molecule has 0 saturated carbocycles. The predicted octanol–water partition coefficient (Wildman–Crippen LogP) is 2.46. The van der Waals surface area contributed by atoms with Crippen molar-refractivity contribution in [3.63, 3.8) is 0 Å². The van der Waals surface area contributed by atoms with E-state index in [-0.39, 0.29) is 6.54 Å². The van der Waals surface area contributed by atoms with Gasteiger partial charge in [-0.3, -0.25) is 14.5 Å². The van der Waals surface area contributed by atoms with Crippen molar-refractivity contribution in [2.24, 2.45) is 5.92 Å². The zero-order valence-electron chi connectivity index (χ0n) is 14.5. The summed E-state index contributed by atoms with van der Waals surface area (Å²) in [6.07, 6.45) is 0.909. The van der Waals surface area contributed by atoms with Gasteiger partial charge >= 0.3 is 5.97 Å². The SMILES string of the molecule is COc1ccc2c(c1)N(CC#N)C(=O)[C@H](C(=O)OC(C)(C)C)CC2. The summed E-state index contributed by atoms with van der Waals surface area (Å²) in [4.78, 5) is 26.6. The molecule has 0 fully saturated rings. The van der Waals surface area contributed by atoms with Crippen LogP contribution >= 0.6 is 0 Å². The first-order valence-electron chi connectivity index (χ1n) is 7.85. The first-order valence-corrected chi connectivity index (χ1v) is 7.85. The number of benzene rings is 1. The van der Waals surface area contributed by atoms with Gasteiger partial charge in [0.25, 0.3) is 0 Å². The van der Waals surface area contributed by atoms with Gasteiger partial charge in [-0.2, -0.15) is 5.26 Å². The highest BCUT2D eigenvalue weighted by atomic mass is 16.6. The van der Waals surface area contributed by atoms with Gasteiger partial charge in [0.2, 0.25) is 5.91 Å². The summed E-state index contributed by atoms with van der Waals surface area (Å²) in [5.74, 6) is -1.26. The van der Waals surface area contributed by atoms with Gasteiger partial charge in [0.15, 0.2) is 0 Å². The molecule has 1 aliphatic heterocycles. The quantitative estimate of drug-likeness (QED) is 0.483. The standard InChI is InChI=1S/C18H22N2O4/c1-18(2,3)24-17(22)14-8-6-12-5-7-13(23-4)11-15(12)20(10-9-19)16(14)21/h5,7,11,14H,6,8,10H2,1-4H3/t14-/m1/s1. The third-order valence-corrected chi connectivity index (χ3v) is 3.77. The smallest absolute Gasteiger partial charge is 0.319 e. The Morgan fingerprint density at radius 1 is 1.42 bits per heavy atom. The van der Waals surface area contributed by atoms with Gasteiger partial charge in [0, 0.05) is 6.07 Å². The zero-order chi connectivity index (χ0) is 17.9. The maximum atomic E-state index is 12.9. The second-order valence-corrected chi connectivity index (χ2v) is 6.70. The number of fused-ring (bicyclic) bond motifs is 1. The third kappa shape index (κ3) is 3.85. The van der Waals surface area contributed by atoms with E-state index in [2.05, 4.69) is 0 Å². The summed E-state index contributed by atoms with van der Waals surface area (Å²) >= 11 is 0. The topological polar surface area (TPSA) is 79.6 Å². The Hall–Kier alpha value is -2.55. The normalized spacial score (nSPS) is 17.5. The van der Waals surface area contributed by atoms with E-state index in [1.807, 2.05) is 18.2 Å². The molecule has 0 N–H and O–H groups in total. The lowest BCUT2D eigenvalue weighted by molar-refractivity contribution is -0.162. The summed E-state index contributed by atoms with van der Waals surface area (Å²) < 4.78 is 10.6. The summed E-state index contributed by atoms with van der Waals surface area (Å²) in [6.45, 7) is 5.16. The summed E-state index contributed by atoms with van der Waals surface area (Å²) in [5, 5.41) is 9.10. The monoisotopic (exact) mass is 330 g/mol. The number of nitrogens with zero attached hydrogens (tertiary/aromatic N) is 2. The van der Waals surface area contributed by atoms with Crippen LogP contribution in [-0.4, -0.2) is 31.1 Å². The van der Waals surface area contributed by atoms with Crippen molar-refractivity contribution in [1.82, 2.24) is 0 Å². The van der Waals surface area contributed by atoms with Crippen LogP contribution in [0.5, 0.6) is 5.75 Å². The molecule has 0 unspecified atom stereocenters. The van der Waals surface area contributed by atoms with Crippen molar-refractivity contribution < 1.29 is 19.1 Å². The largest absolute Gasteiger partial charge is 0.497 e. The molecule has 128 valence electrons. The Kier molecular flexibility index (Phi) is 5.13. The lowest BCUT2D eigenvalue weighted by Crippen LogP contribution is -2.41. The van der Waals surface area contributed by atoms with Crippen LogP contribution in [0.2, 0.25) is 0 Å². The van der Waals surface area contributed by atoms with Gasteiger partial charge in [-0.1, -0.05) is 6.07 Å². The maximum absolute atomic E-state index is 12.9. The number of methoxy groups -OCH3 is 1. The van der Waals surface area contributed by atoms with E-state index >= 15 is 0 Å². The number of aryl methyl sites for hydroxylation is 1. The van der Waals surface area contributed by atoms with Crippen molar-refractivity contribution in [2.45, 2.75) is 39.2 Å². The minimum Gasteiger partial charge on any atom is -0.497 e. The van der Waals surface area contributed by atoms with Crippen molar-refractivity contribution in [2.75, 3.05) is 18.6 Å². The van der Waals surface area contributed by atoms with Crippen LogP contribution in [0.3, 0.4) is 0 Å². The molecule has 0 aliphatic carbocycles. The van der Waals surface area contributed by atoms with Gasteiger partial charge in [-0.15, -0.1) is 0 Å². The average Bonchev–Trinajstić information content (AvgIpc) is 2.63.